The van der Waals surface area contributed by atoms with Gasteiger partial charge in [0.25, 0.3) is 0 Å². The number of hydrogen-bond acceptors (Lipinski definition) is 6. The number of benzene rings is 1. The van der Waals surface area contributed by atoms with Crippen LogP contribution < -0.4 is 5.32 Å². The number of aryl methyl sites for hydroxylation is 1. The van der Waals surface area contributed by atoms with E-state index in [0.717, 1.165) is 22.1 Å². The molecule has 0 saturated carbocycles. The fourth-order valence-electron chi connectivity index (χ4n) is 4.89. The van der Waals surface area contributed by atoms with Crippen molar-refractivity contribution in [3.05, 3.63) is 53.7 Å². The lowest BCUT2D eigenvalue weighted by molar-refractivity contribution is 0.0270. The number of nitrogens with zero attached hydrogens (tertiary/aromatic N) is 3. The summed E-state index contributed by atoms with van der Waals surface area (Å²) in [5, 5.41) is 13.7. The minimum absolute atomic E-state index is 0.253. The van der Waals surface area contributed by atoms with Gasteiger partial charge in [-0.2, -0.15) is 0 Å². The number of pyridine rings is 1. The largest absolute Gasteiger partial charge is 0.464 e. The van der Waals surface area contributed by atoms with Crippen molar-refractivity contribution >= 4 is 40.6 Å². The van der Waals surface area contributed by atoms with Crippen molar-refractivity contribution in [2.24, 2.45) is 0 Å². The van der Waals surface area contributed by atoms with Crippen LogP contribution in [-0.2, 0) is 15.9 Å². The molecule has 41 heavy (non-hydrogen) atoms. The number of fused-ring (bicyclic) bond motifs is 1. The Kier molecular flexibility index (Phi) is 8.15. The van der Waals surface area contributed by atoms with Crippen molar-refractivity contribution in [1.29, 1.82) is 0 Å². The Balaban J connectivity index is 1.70. The summed E-state index contributed by atoms with van der Waals surface area (Å²) in [5.74, 6) is 0.253. The van der Waals surface area contributed by atoms with Crippen LogP contribution in [0.25, 0.3) is 27.7 Å². The topological polar surface area (TPSA) is 123 Å². The number of nitrogens with one attached hydrogen (secondary N) is 1. The van der Waals surface area contributed by atoms with Gasteiger partial charge in [0.15, 0.2) is 0 Å². The SMILES string of the molecule is CCc1c(-c2ccnc(NC(=O)OC(C)(C)C)c2)n(C(=O)O)c2ccc(C3=CCN(C(=O)OC(C)(C)C)CC3)cc12. The van der Waals surface area contributed by atoms with Gasteiger partial charge in [0.05, 0.1) is 11.2 Å². The van der Waals surface area contributed by atoms with E-state index in [1.165, 1.54) is 10.8 Å². The van der Waals surface area contributed by atoms with Gasteiger partial charge in [0.2, 0.25) is 0 Å². The molecule has 10 nitrogen and oxygen atoms in total. The van der Waals surface area contributed by atoms with Gasteiger partial charge >= 0.3 is 18.3 Å². The van der Waals surface area contributed by atoms with Crippen LogP contribution in [0.4, 0.5) is 20.2 Å². The van der Waals surface area contributed by atoms with Crippen LogP contribution in [0.5, 0.6) is 0 Å². The fraction of sp³-hybridized carbons (Fsp3) is 0.419. The molecule has 2 N–H and O–H groups in total. The summed E-state index contributed by atoms with van der Waals surface area (Å²) in [4.78, 5) is 43.2. The lowest BCUT2D eigenvalue weighted by atomic mass is 9.96. The second kappa shape index (κ2) is 11.3. The summed E-state index contributed by atoms with van der Waals surface area (Å²) in [6, 6.07) is 9.13. The van der Waals surface area contributed by atoms with Crippen LogP contribution in [-0.4, -0.2) is 62.1 Å². The highest BCUT2D eigenvalue weighted by atomic mass is 16.6. The van der Waals surface area contributed by atoms with Crippen molar-refractivity contribution in [3.63, 3.8) is 0 Å². The first kappa shape index (κ1) is 29.6. The van der Waals surface area contributed by atoms with E-state index >= 15 is 0 Å². The molecule has 0 fully saturated rings. The summed E-state index contributed by atoms with van der Waals surface area (Å²) >= 11 is 0. The number of carboxylic acid groups (broad SMARTS) is 1. The number of hydrogen-bond donors (Lipinski definition) is 2. The normalized spacial score (nSPS) is 14.0. The minimum Gasteiger partial charge on any atom is -0.464 e. The minimum atomic E-state index is -1.11. The molecular weight excluding hydrogens is 524 g/mol. The lowest BCUT2D eigenvalue weighted by Crippen LogP contribution is -2.39. The van der Waals surface area contributed by atoms with E-state index in [1.807, 2.05) is 52.0 Å². The Bertz CT molecular complexity index is 1520. The zero-order valence-electron chi connectivity index (χ0n) is 24.7. The van der Waals surface area contributed by atoms with Crippen LogP contribution in [0.1, 0.15) is 66.0 Å². The quantitative estimate of drug-likeness (QED) is 0.346. The summed E-state index contributed by atoms with van der Waals surface area (Å²) in [7, 11) is 0. The van der Waals surface area contributed by atoms with Crippen LogP contribution >= 0.6 is 0 Å². The Labute approximate surface area is 239 Å². The van der Waals surface area contributed by atoms with Crippen molar-refractivity contribution in [1.82, 2.24) is 14.5 Å². The predicted octanol–water partition coefficient (Wildman–Crippen LogP) is 7.16. The summed E-state index contributed by atoms with van der Waals surface area (Å²) in [6.07, 6.45) is 2.69. The number of anilines is 1. The first-order valence-electron chi connectivity index (χ1n) is 13.7. The molecule has 1 aromatic carbocycles. The molecule has 4 rings (SSSR count). The Morgan fingerprint density at radius 3 is 2.29 bits per heavy atom. The summed E-state index contributed by atoms with van der Waals surface area (Å²) < 4.78 is 12.1. The van der Waals surface area contributed by atoms with E-state index in [1.54, 1.807) is 37.8 Å². The Morgan fingerprint density at radius 2 is 1.71 bits per heavy atom. The molecule has 0 unspecified atom stereocenters. The first-order chi connectivity index (χ1) is 19.2. The van der Waals surface area contributed by atoms with Crippen LogP contribution in [0.3, 0.4) is 0 Å². The molecule has 0 bridgehead atoms. The number of amides is 2. The van der Waals surface area contributed by atoms with Gasteiger partial charge in [-0.1, -0.05) is 19.1 Å². The molecule has 0 radical (unpaired) electrons. The number of ether oxygens (including phenoxy) is 2. The number of carbonyl (C=O) groups is 3. The van der Waals surface area contributed by atoms with Gasteiger partial charge in [-0.25, -0.2) is 23.9 Å². The summed E-state index contributed by atoms with van der Waals surface area (Å²) in [5.41, 5.74) is 3.40. The molecule has 3 heterocycles. The fourth-order valence-corrected chi connectivity index (χ4v) is 4.89. The van der Waals surface area contributed by atoms with Crippen LogP contribution in [0.2, 0.25) is 0 Å². The van der Waals surface area contributed by atoms with E-state index in [4.69, 9.17) is 9.47 Å². The number of carbonyl (C=O) groups excluding carboxylic acids is 2. The molecule has 0 saturated heterocycles. The highest BCUT2D eigenvalue weighted by Gasteiger charge is 2.26. The molecule has 2 amide bonds. The van der Waals surface area contributed by atoms with E-state index in [-0.39, 0.29) is 11.9 Å². The van der Waals surface area contributed by atoms with E-state index in [2.05, 4.69) is 10.3 Å². The lowest BCUT2D eigenvalue weighted by Gasteiger charge is -2.29. The van der Waals surface area contributed by atoms with Gasteiger partial charge in [0, 0.05) is 30.2 Å². The molecule has 1 aliphatic heterocycles. The molecule has 0 aliphatic carbocycles. The van der Waals surface area contributed by atoms with E-state index in [0.29, 0.717) is 42.7 Å². The molecule has 0 spiro atoms. The Hall–Kier alpha value is -4.34. The Morgan fingerprint density at radius 1 is 1.00 bits per heavy atom. The summed E-state index contributed by atoms with van der Waals surface area (Å²) in [6.45, 7) is 13.8. The maximum atomic E-state index is 12.5. The molecule has 218 valence electrons. The number of aromatic nitrogens is 2. The standard InChI is InChI=1S/C31H38N4O6/c1-8-22-23-17-20(19-12-15-34(16-13-19)29(39)41-31(5,6)7)9-10-24(23)35(28(37)38)26(22)21-11-14-32-25(18-21)33-27(36)40-30(2,3)4/h9-12,14,17-18H,8,13,15-16H2,1-7H3,(H,37,38)(H,32,33,36). The molecule has 3 aromatic rings. The van der Waals surface area contributed by atoms with E-state index in [9.17, 15) is 19.5 Å². The zero-order valence-corrected chi connectivity index (χ0v) is 24.7. The van der Waals surface area contributed by atoms with Crippen molar-refractivity contribution < 1.29 is 29.0 Å². The zero-order chi connectivity index (χ0) is 30.1. The third-order valence-electron chi connectivity index (χ3n) is 6.51. The average Bonchev–Trinajstić information content (AvgIpc) is 3.20. The van der Waals surface area contributed by atoms with Crippen molar-refractivity contribution in [2.75, 3.05) is 18.4 Å². The highest BCUT2D eigenvalue weighted by molar-refractivity contribution is 6.00. The first-order valence-corrected chi connectivity index (χ1v) is 13.7. The van der Waals surface area contributed by atoms with Gasteiger partial charge in [-0.15, -0.1) is 0 Å². The molecule has 2 aromatic heterocycles. The predicted molar refractivity (Wildman–Crippen MR) is 158 cm³/mol. The second-order valence-corrected chi connectivity index (χ2v) is 12.0. The van der Waals surface area contributed by atoms with Gasteiger partial charge < -0.3 is 19.5 Å². The van der Waals surface area contributed by atoms with Crippen molar-refractivity contribution in [2.45, 2.75) is 72.5 Å². The monoisotopic (exact) mass is 562 g/mol. The smallest absolute Gasteiger partial charge is 0.416 e. The van der Waals surface area contributed by atoms with Crippen LogP contribution in [0, 0.1) is 0 Å². The van der Waals surface area contributed by atoms with Gasteiger partial charge in [0.1, 0.15) is 17.0 Å². The van der Waals surface area contributed by atoms with Crippen molar-refractivity contribution in [3.8, 4) is 11.3 Å². The molecule has 10 heteroatoms. The molecular formula is C31H38N4O6. The number of rotatable bonds is 4. The van der Waals surface area contributed by atoms with Gasteiger partial charge in [-0.3, -0.25) is 5.32 Å². The molecule has 1 aliphatic rings. The second-order valence-electron chi connectivity index (χ2n) is 12.0. The third-order valence-corrected chi connectivity index (χ3v) is 6.51. The average molecular weight is 563 g/mol. The molecule has 0 atom stereocenters. The maximum Gasteiger partial charge on any atom is 0.416 e. The van der Waals surface area contributed by atoms with Gasteiger partial charge in [-0.05, 0) is 95.3 Å². The third kappa shape index (κ3) is 6.87. The highest BCUT2D eigenvalue weighted by Crippen LogP contribution is 2.37. The maximum absolute atomic E-state index is 12.5. The van der Waals surface area contributed by atoms with Crippen LogP contribution in [0.15, 0.2) is 42.6 Å². The van der Waals surface area contributed by atoms with E-state index < -0.39 is 23.4 Å².